The zero-order chi connectivity index (χ0) is 16.2. The summed E-state index contributed by atoms with van der Waals surface area (Å²) in [4.78, 5) is 8.07. The molecular weight excluding hydrogens is 292 g/mol. The number of unbranched alkanes of at least 4 members (excludes halogenated alkanes) is 2. The molecule has 4 rings (SSSR count). The van der Waals surface area contributed by atoms with Gasteiger partial charge in [0.1, 0.15) is 5.82 Å². The number of nitrogens with zero attached hydrogens (tertiary/aromatic N) is 1. The summed E-state index contributed by atoms with van der Waals surface area (Å²) in [5.74, 6) is 1.11. The number of nitrogens with one attached hydrogen (secondary N) is 1. The smallest absolute Gasteiger partial charge is 0.107 e. The van der Waals surface area contributed by atoms with E-state index in [9.17, 15) is 0 Å². The minimum absolute atomic E-state index is 1.03. The van der Waals surface area contributed by atoms with Gasteiger partial charge in [0.25, 0.3) is 0 Å². The van der Waals surface area contributed by atoms with Crippen LogP contribution < -0.4 is 0 Å². The van der Waals surface area contributed by atoms with Gasteiger partial charge >= 0.3 is 0 Å². The maximum Gasteiger partial charge on any atom is 0.107 e. The molecule has 0 bridgehead atoms. The molecule has 0 amide bonds. The first-order chi connectivity index (χ1) is 11.9. The molecule has 3 aromatic carbocycles. The van der Waals surface area contributed by atoms with Crippen molar-refractivity contribution in [2.75, 3.05) is 0 Å². The fourth-order valence-electron chi connectivity index (χ4n) is 3.42. The molecule has 0 unspecified atom stereocenters. The van der Waals surface area contributed by atoms with E-state index in [0.29, 0.717) is 0 Å². The molecule has 0 saturated heterocycles. The molecular formula is C22H22N2. The Hall–Kier alpha value is -2.61. The van der Waals surface area contributed by atoms with Crippen molar-refractivity contribution >= 4 is 21.8 Å². The van der Waals surface area contributed by atoms with Crippen molar-refractivity contribution in [2.24, 2.45) is 0 Å². The minimum atomic E-state index is 1.03. The predicted molar refractivity (Wildman–Crippen MR) is 101 cm³/mol. The Kier molecular flexibility index (Phi) is 4.28. The molecule has 0 aliphatic heterocycles. The molecule has 120 valence electrons. The molecule has 0 saturated carbocycles. The van der Waals surface area contributed by atoms with Crippen LogP contribution >= 0.6 is 0 Å². The molecule has 0 radical (unpaired) electrons. The molecule has 2 nitrogen and oxygen atoms in total. The molecule has 1 heterocycles. The first-order valence-corrected chi connectivity index (χ1v) is 8.80. The van der Waals surface area contributed by atoms with Crippen LogP contribution in [0.4, 0.5) is 0 Å². The Morgan fingerprint density at radius 1 is 0.708 bits per heavy atom. The number of benzene rings is 3. The van der Waals surface area contributed by atoms with E-state index < -0.39 is 0 Å². The van der Waals surface area contributed by atoms with Gasteiger partial charge in [0.05, 0.1) is 11.0 Å². The normalized spacial score (nSPS) is 11.3. The van der Waals surface area contributed by atoms with Crippen LogP contribution in [0.1, 0.15) is 30.7 Å². The second kappa shape index (κ2) is 6.88. The summed E-state index contributed by atoms with van der Waals surface area (Å²) in [6.45, 7) is 0. The van der Waals surface area contributed by atoms with E-state index in [1.807, 2.05) is 6.07 Å². The number of para-hydroxylation sites is 2. The lowest BCUT2D eigenvalue weighted by atomic mass is 9.99. The van der Waals surface area contributed by atoms with E-state index in [1.54, 1.807) is 0 Å². The van der Waals surface area contributed by atoms with Gasteiger partial charge in [-0.3, -0.25) is 0 Å². The highest BCUT2D eigenvalue weighted by Crippen LogP contribution is 2.20. The molecule has 0 aliphatic carbocycles. The Balaban J connectivity index is 1.31. The van der Waals surface area contributed by atoms with E-state index in [-0.39, 0.29) is 0 Å². The van der Waals surface area contributed by atoms with Crippen molar-refractivity contribution in [3.05, 3.63) is 78.1 Å². The standard InChI is InChI=1S/C22H22N2/c1(3-16-22-23-20-14-6-7-15-21(20)24-22)2-9-17-11-8-12-18-10-4-5-13-19(17)18/h4-8,10-15H,1-3,9,16H2,(H,23,24). The largest absolute Gasteiger partial charge is 0.342 e. The second-order valence-electron chi connectivity index (χ2n) is 6.40. The third-order valence-electron chi connectivity index (χ3n) is 4.68. The summed E-state index contributed by atoms with van der Waals surface area (Å²) >= 11 is 0. The van der Waals surface area contributed by atoms with Crippen molar-refractivity contribution < 1.29 is 0 Å². The van der Waals surface area contributed by atoms with E-state index in [2.05, 4.69) is 70.6 Å². The highest BCUT2D eigenvalue weighted by Gasteiger charge is 2.03. The third-order valence-corrected chi connectivity index (χ3v) is 4.68. The number of aromatic nitrogens is 2. The number of hydrogen-bond acceptors (Lipinski definition) is 1. The molecule has 2 heteroatoms. The van der Waals surface area contributed by atoms with Gasteiger partial charge in [0.2, 0.25) is 0 Å². The number of rotatable bonds is 6. The summed E-state index contributed by atoms with van der Waals surface area (Å²) in [6.07, 6.45) is 5.84. The van der Waals surface area contributed by atoms with Crippen molar-refractivity contribution in [3.8, 4) is 0 Å². The Morgan fingerprint density at radius 2 is 1.50 bits per heavy atom. The van der Waals surface area contributed by atoms with Crippen LogP contribution in [0, 0.1) is 0 Å². The van der Waals surface area contributed by atoms with Crippen LogP contribution in [-0.2, 0) is 12.8 Å². The number of H-pyrrole nitrogens is 1. The fraction of sp³-hybridized carbons (Fsp3) is 0.227. The van der Waals surface area contributed by atoms with Gasteiger partial charge < -0.3 is 4.98 Å². The number of hydrogen-bond donors (Lipinski definition) is 1. The molecule has 0 fully saturated rings. The predicted octanol–water partition coefficient (Wildman–Crippen LogP) is 5.67. The van der Waals surface area contributed by atoms with Crippen LogP contribution in [-0.4, -0.2) is 9.97 Å². The SMILES string of the molecule is c1ccc2c(CCCCCc3nc4ccccc4[nH]3)cccc2c1. The van der Waals surface area contributed by atoms with E-state index in [1.165, 1.54) is 35.6 Å². The second-order valence-corrected chi connectivity index (χ2v) is 6.40. The van der Waals surface area contributed by atoms with Gasteiger partial charge in [-0.05, 0) is 47.7 Å². The van der Waals surface area contributed by atoms with Gasteiger partial charge in [-0.2, -0.15) is 0 Å². The summed E-state index contributed by atoms with van der Waals surface area (Å²) in [5.41, 5.74) is 3.68. The summed E-state index contributed by atoms with van der Waals surface area (Å²) in [5, 5.41) is 2.74. The Morgan fingerprint density at radius 3 is 2.46 bits per heavy atom. The maximum absolute atomic E-state index is 4.65. The van der Waals surface area contributed by atoms with Gasteiger partial charge in [-0.15, -0.1) is 0 Å². The van der Waals surface area contributed by atoms with Gasteiger partial charge in [-0.1, -0.05) is 61.0 Å². The fourth-order valence-corrected chi connectivity index (χ4v) is 3.42. The molecule has 0 aliphatic rings. The van der Waals surface area contributed by atoms with Gasteiger partial charge in [-0.25, -0.2) is 4.98 Å². The first kappa shape index (κ1) is 14.9. The van der Waals surface area contributed by atoms with Crippen molar-refractivity contribution in [1.82, 2.24) is 9.97 Å². The van der Waals surface area contributed by atoms with Crippen LogP contribution in [0.3, 0.4) is 0 Å². The molecule has 0 spiro atoms. The number of aromatic amines is 1. The monoisotopic (exact) mass is 314 g/mol. The van der Waals surface area contributed by atoms with Crippen LogP contribution in [0.15, 0.2) is 66.7 Å². The van der Waals surface area contributed by atoms with E-state index in [0.717, 1.165) is 29.7 Å². The average Bonchev–Trinajstić information content (AvgIpc) is 3.04. The Bertz CT molecular complexity index is 914. The molecule has 0 atom stereocenters. The van der Waals surface area contributed by atoms with Crippen LogP contribution in [0.2, 0.25) is 0 Å². The Labute approximate surface area is 142 Å². The molecule has 1 N–H and O–H groups in total. The van der Waals surface area contributed by atoms with Crippen LogP contribution in [0.25, 0.3) is 21.8 Å². The molecule has 1 aromatic heterocycles. The lowest BCUT2D eigenvalue weighted by Gasteiger charge is -2.06. The summed E-state index contributed by atoms with van der Waals surface area (Å²) < 4.78 is 0. The quantitative estimate of drug-likeness (QED) is 0.456. The van der Waals surface area contributed by atoms with Crippen LogP contribution in [0.5, 0.6) is 0 Å². The summed E-state index contributed by atoms with van der Waals surface area (Å²) in [7, 11) is 0. The highest BCUT2D eigenvalue weighted by atomic mass is 14.9. The lowest BCUT2D eigenvalue weighted by molar-refractivity contribution is 0.668. The van der Waals surface area contributed by atoms with Gasteiger partial charge in [0.15, 0.2) is 0 Å². The third kappa shape index (κ3) is 3.18. The van der Waals surface area contributed by atoms with E-state index in [4.69, 9.17) is 0 Å². The average molecular weight is 314 g/mol. The lowest BCUT2D eigenvalue weighted by Crippen LogP contribution is -1.91. The first-order valence-electron chi connectivity index (χ1n) is 8.80. The number of aryl methyl sites for hydroxylation is 2. The summed E-state index contributed by atoms with van der Waals surface area (Å²) in [6, 6.07) is 23.5. The van der Waals surface area contributed by atoms with Gasteiger partial charge in [0, 0.05) is 6.42 Å². The molecule has 24 heavy (non-hydrogen) atoms. The van der Waals surface area contributed by atoms with E-state index >= 15 is 0 Å². The minimum Gasteiger partial charge on any atom is -0.342 e. The number of fused-ring (bicyclic) bond motifs is 2. The number of imidazole rings is 1. The molecule has 4 aromatic rings. The highest BCUT2D eigenvalue weighted by molar-refractivity contribution is 5.85. The van der Waals surface area contributed by atoms with Crippen molar-refractivity contribution in [1.29, 1.82) is 0 Å². The van der Waals surface area contributed by atoms with Crippen molar-refractivity contribution in [2.45, 2.75) is 32.1 Å². The zero-order valence-electron chi connectivity index (χ0n) is 13.8. The topological polar surface area (TPSA) is 28.7 Å². The maximum atomic E-state index is 4.65. The van der Waals surface area contributed by atoms with Crippen molar-refractivity contribution in [3.63, 3.8) is 0 Å². The zero-order valence-corrected chi connectivity index (χ0v) is 13.8.